The van der Waals surface area contributed by atoms with Gasteiger partial charge in [0.05, 0.1) is 23.3 Å². The van der Waals surface area contributed by atoms with E-state index >= 15 is 0 Å². The quantitative estimate of drug-likeness (QED) is 0.167. The van der Waals surface area contributed by atoms with Crippen molar-refractivity contribution in [1.82, 2.24) is 39.9 Å². The molecule has 9 rings (SSSR count). The molecule has 5 heterocycles. The molecule has 0 unspecified atom stereocenters. The SMILES string of the molecule is CC1(C)C=Cc2c(c3nc4nc(nc5[n-]c(nc6nc(nc2[n-]3)-c2ccccc2-6)c2ccccc52)-c2ccccc2-4)C=C1.[Cu+2]. The molecule has 0 amide bonds. The molecule has 8 bridgehead atoms. The molecule has 0 spiro atoms. The maximum absolute atomic E-state index is 5.04. The Labute approximate surface area is 262 Å². The Morgan fingerprint density at radius 1 is 0.455 bits per heavy atom. The molecule has 1 radical (unpaired) electrons. The molecule has 0 saturated heterocycles. The van der Waals surface area contributed by atoms with Crippen molar-refractivity contribution in [3.05, 3.63) is 96.1 Å². The van der Waals surface area contributed by atoms with Crippen LogP contribution < -0.4 is 9.97 Å². The number of benzene rings is 3. The third-order valence-electron chi connectivity index (χ3n) is 8.05. The Morgan fingerprint density at radius 2 is 0.795 bits per heavy atom. The smallest absolute Gasteiger partial charge is 0.357 e. The fourth-order valence-electron chi connectivity index (χ4n) is 5.81. The van der Waals surface area contributed by atoms with E-state index in [0.29, 0.717) is 45.9 Å². The van der Waals surface area contributed by atoms with Gasteiger partial charge in [-0.25, -0.2) is 9.97 Å². The first kappa shape index (κ1) is 26.4. The zero-order chi connectivity index (χ0) is 28.7. The van der Waals surface area contributed by atoms with Crippen LogP contribution in [0.3, 0.4) is 0 Å². The molecular formula is C35H22CuN8. The molecule has 0 saturated carbocycles. The molecule has 0 atom stereocenters. The number of nitrogens with zero attached hydrogens (tertiary/aromatic N) is 8. The molecule has 1 aliphatic carbocycles. The number of rotatable bonds is 0. The van der Waals surface area contributed by atoms with Crippen LogP contribution in [0.1, 0.15) is 25.0 Å². The molecule has 0 fully saturated rings. The molecule has 8 nitrogen and oxygen atoms in total. The first-order valence-electron chi connectivity index (χ1n) is 14.1. The van der Waals surface area contributed by atoms with E-state index in [4.69, 9.17) is 39.9 Å². The molecule has 2 aliphatic heterocycles. The predicted octanol–water partition coefficient (Wildman–Crippen LogP) is 7.04. The predicted molar refractivity (Wildman–Crippen MR) is 168 cm³/mol. The molecule has 6 aromatic rings. The van der Waals surface area contributed by atoms with Gasteiger partial charge in [0.25, 0.3) is 0 Å². The van der Waals surface area contributed by atoms with Gasteiger partial charge >= 0.3 is 17.1 Å². The van der Waals surface area contributed by atoms with Crippen molar-refractivity contribution in [3.63, 3.8) is 0 Å². The maximum atomic E-state index is 5.04. The van der Waals surface area contributed by atoms with Crippen molar-refractivity contribution in [2.45, 2.75) is 13.8 Å². The third-order valence-corrected chi connectivity index (χ3v) is 8.05. The van der Waals surface area contributed by atoms with Crippen LogP contribution in [-0.2, 0) is 17.1 Å². The van der Waals surface area contributed by atoms with Crippen molar-refractivity contribution in [3.8, 4) is 45.6 Å². The van der Waals surface area contributed by atoms with Crippen molar-refractivity contribution >= 4 is 45.5 Å². The third kappa shape index (κ3) is 4.05. The Kier molecular flexibility index (Phi) is 5.78. The first-order chi connectivity index (χ1) is 21.0. The second kappa shape index (κ2) is 9.64. The summed E-state index contributed by atoms with van der Waals surface area (Å²) >= 11 is 0. The van der Waals surface area contributed by atoms with Crippen LogP contribution in [0.2, 0.25) is 0 Å². The fraction of sp³-hybridized carbons (Fsp3) is 0.0857. The minimum absolute atomic E-state index is 0. The first-order valence-corrected chi connectivity index (χ1v) is 14.1. The van der Waals surface area contributed by atoms with Crippen LogP contribution in [0.15, 0.2) is 84.9 Å². The summed E-state index contributed by atoms with van der Waals surface area (Å²) in [5.74, 6) is 2.20. The van der Waals surface area contributed by atoms with Gasteiger partial charge in [0.1, 0.15) is 0 Å². The van der Waals surface area contributed by atoms with Gasteiger partial charge in [0, 0.05) is 50.3 Å². The summed E-state index contributed by atoms with van der Waals surface area (Å²) < 4.78 is 0. The molecule has 213 valence electrons. The van der Waals surface area contributed by atoms with Crippen molar-refractivity contribution in [2.24, 2.45) is 5.41 Å². The molecule has 0 N–H and O–H groups in total. The monoisotopic (exact) mass is 617 g/mol. The van der Waals surface area contributed by atoms with Gasteiger partial charge in [-0.05, 0) is 21.9 Å². The summed E-state index contributed by atoms with van der Waals surface area (Å²) in [6, 6.07) is 24.0. The summed E-state index contributed by atoms with van der Waals surface area (Å²) in [5, 5.41) is 1.78. The number of aromatic nitrogens is 8. The van der Waals surface area contributed by atoms with Gasteiger partial charge < -0.3 is 29.9 Å². The average Bonchev–Trinajstić information content (AvgIpc) is 3.71. The van der Waals surface area contributed by atoms with Crippen molar-refractivity contribution in [2.75, 3.05) is 0 Å². The Balaban J connectivity index is 0.00000289. The van der Waals surface area contributed by atoms with Crippen LogP contribution in [0.5, 0.6) is 0 Å². The van der Waals surface area contributed by atoms with Crippen LogP contribution in [0.25, 0.3) is 91.1 Å². The summed E-state index contributed by atoms with van der Waals surface area (Å²) in [6.45, 7) is 4.33. The molecule has 9 heteroatoms. The van der Waals surface area contributed by atoms with E-state index in [1.165, 1.54) is 0 Å². The summed E-state index contributed by atoms with van der Waals surface area (Å²) in [5.41, 5.74) is 7.41. The molecular weight excluding hydrogens is 596 g/mol. The molecule has 3 aliphatic rings. The second-order valence-electron chi connectivity index (χ2n) is 11.4. The van der Waals surface area contributed by atoms with Gasteiger partial charge in [-0.15, -0.1) is 0 Å². The summed E-state index contributed by atoms with van der Waals surface area (Å²) in [4.78, 5) is 39.7. The van der Waals surface area contributed by atoms with E-state index in [1.807, 2.05) is 72.8 Å². The van der Waals surface area contributed by atoms with Crippen LogP contribution in [-0.4, -0.2) is 29.9 Å². The Hall–Kier alpha value is -5.24. The van der Waals surface area contributed by atoms with Crippen LogP contribution >= 0.6 is 0 Å². The zero-order valence-corrected chi connectivity index (χ0v) is 24.6. The van der Waals surface area contributed by atoms with Gasteiger partial charge in [0.2, 0.25) is 0 Å². The normalized spacial score (nSPS) is 14.0. The summed E-state index contributed by atoms with van der Waals surface area (Å²) in [6.07, 6.45) is 8.50. The van der Waals surface area contributed by atoms with Crippen molar-refractivity contribution in [1.29, 1.82) is 0 Å². The van der Waals surface area contributed by atoms with Crippen molar-refractivity contribution < 1.29 is 17.1 Å². The Morgan fingerprint density at radius 3 is 1.20 bits per heavy atom. The standard InChI is InChI=1S/C35H22N8.Cu/c1-35(2)17-15-25-26(16-18-35)34-42-32-24-14-8-6-12-22(24)30(40-32)38-28-20-10-4-3-9-19(20)27(36-28)37-29-21-11-5-7-13-23(21)31(39-29)41-33(25)43-34;/h3-18H,1-2H3;/q-2;+2. The van der Waals surface area contributed by atoms with Gasteiger partial charge in [0.15, 0.2) is 0 Å². The van der Waals surface area contributed by atoms with E-state index in [0.717, 1.165) is 44.2 Å². The minimum atomic E-state index is -0.140. The minimum Gasteiger partial charge on any atom is -0.357 e. The van der Waals surface area contributed by atoms with Gasteiger partial charge in [-0.2, -0.15) is 0 Å². The number of fused-ring (bicyclic) bond motifs is 20. The topological polar surface area (TPSA) is 106 Å². The zero-order valence-electron chi connectivity index (χ0n) is 23.6. The van der Waals surface area contributed by atoms with E-state index in [9.17, 15) is 0 Å². The van der Waals surface area contributed by atoms with Gasteiger partial charge in [-0.1, -0.05) is 111 Å². The van der Waals surface area contributed by atoms with E-state index < -0.39 is 0 Å². The molecule has 44 heavy (non-hydrogen) atoms. The van der Waals surface area contributed by atoms with Crippen LogP contribution in [0, 0.1) is 5.41 Å². The number of hydrogen-bond donors (Lipinski definition) is 0. The Bertz CT molecular complexity index is 2240. The van der Waals surface area contributed by atoms with E-state index in [2.05, 4.69) is 38.2 Å². The molecule has 3 aromatic heterocycles. The molecule has 3 aromatic carbocycles. The van der Waals surface area contributed by atoms with Crippen LogP contribution in [0.4, 0.5) is 0 Å². The largest absolute Gasteiger partial charge is 2.00 e. The fourth-order valence-corrected chi connectivity index (χ4v) is 5.81. The number of allylic oxidation sites excluding steroid dienone is 2. The van der Waals surface area contributed by atoms with Gasteiger partial charge in [-0.3, -0.25) is 0 Å². The second-order valence-corrected chi connectivity index (χ2v) is 11.4. The maximum Gasteiger partial charge on any atom is 2.00 e. The van der Waals surface area contributed by atoms with E-state index in [-0.39, 0.29) is 22.5 Å². The average molecular weight is 618 g/mol. The van der Waals surface area contributed by atoms with E-state index in [1.54, 1.807) is 0 Å². The summed E-state index contributed by atoms with van der Waals surface area (Å²) in [7, 11) is 0. The number of hydrogen-bond acceptors (Lipinski definition) is 6.